The Labute approximate surface area is 101 Å². The van der Waals surface area contributed by atoms with Crippen molar-refractivity contribution in [2.24, 2.45) is 0 Å². The molecule has 0 bridgehead atoms. The third kappa shape index (κ3) is 3.49. The zero-order valence-corrected chi connectivity index (χ0v) is 9.68. The highest BCUT2D eigenvalue weighted by atomic mass is 35.5. The van der Waals surface area contributed by atoms with E-state index in [2.05, 4.69) is 4.74 Å². The van der Waals surface area contributed by atoms with Gasteiger partial charge in [-0.05, 0) is 19.1 Å². The quantitative estimate of drug-likeness (QED) is 0.363. The number of rotatable bonds is 4. The standard InChI is InChI=1S/C11H9ClF2O3/c1-2-17-11(16)5-10(15)6-3-9(14)7(12)4-8(6)13/h3-4H,2,5H2,1H3. The van der Waals surface area contributed by atoms with Crippen molar-refractivity contribution in [3.8, 4) is 0 Å². The van der Waals surface area contributed by atoms with Gasteiger partial charge in [0.05, 0.1) is 17.2 Å². The maximum absolute atomic E-state index is 13.3. The van der Waals surface area contributed by atoms with Crippen molar-refractivity contribution in [2.75, 3.05) is 6.61 Å². The minimum atomic E-state index is -0.967. The molecular weight excluding hydrogens is 254 g/mol. The zero-order valence-electron chi connectivity index (χ0n) is 8.93. The zero-order chi connectivity index (χ0) is 13.0. The third-order valence-electron chi connectivity index (χ3n) is 1.92. The first kappa shape index (κ1) is 13.6. The number of hydrogen-bond donors (Lipinski definition) is 0. The van der Waals surface area contributed by atoms with Gasteiger partial charge in [0.15, 0.2) is 5.78 Å². The smallest absolute Gasteiger partial charge is 0.313 e. The number of halogens is 3. The molecule has 0 spiro atoms. The molecule has 0 aliphatic carbocycles. The molecule has 92 valence electrons. The van der Waals surface area contributed by atoms with Gasteiger partial charge < -0.3 is 4.74 Å². The average Bonchev–Trinajstić information content (AvgIpc) is 2.23. The summed E-state index contributed by atoms with van der Waals surface area (Å²) in [5.41, 5.74) is -0.514. The Kier molecular flexibility index (Phi) is 4.57. The lowest BCUT2D eigenvalue weighted by atomic mass is 10.1. The summed E-state index contributed by atoms with van der Waals surface area (Å²) < 4.78 is 30.9. The highest BCUT2D eigenvalue weighted by Crippen LogP contribution is 2.20. The van der Waals surface area contributed by atoms with Crippen LogP contribution in [0.2, 0.25) is 5.02 Å². The van der Waals surface area contributed by atoms with E-state index in [1.807, 2.05) is 0 Å². The van der Waals surface area contributed by atoms with Crippen LogP contribution in [0.15, 0.2) is 12.1 Å². The first-order valence-electron chi connectivity index (χ1n) is 4.79. The Balaban J connectivity index is 2.89. The second-order valence-electron chi connectivity index (χ2n) is 3.15. The lowest BCUT2D eigenvalue weighted by Crippen LogP contribution is -2.13. The predicted molar refractivity (Wildman–Crippen MR) is 56.9 cm³/mol. The fraction of sp³-hybridized carbons (Fsp3) is 0.273. The van der Waals surface area contributed by atoms with Crippen molar-refractivity contribution in [3.63, 3.8) is 0 Å². The van der Waals surface area contributed by atoms with E-state index in [-0.39, 0.29) is 6.61 Å². The van der Waals surface area contributed by atoms with Gasteiger partial charge in [0.1, 0.15) is 18.1 Å². The highest BCUT2D eigenvalue weighted by Gasteiger charge is 2.18. The maximum atomic E-state index is 13.3. The second kappa shape index (κ2) is 5.72. The topological polar surface area (TPSA) is 43.4 Å². The molecule has 0 aliphatic rings. The van der Waals surface area contributed by atoms with Gasteiger partial charge in [0.2, 0.25) is 0 Å². The summed E-state index contributed by atoms with van der Waals surface area (Å²) in [7, 11) is 0. The SMILES string of the molecule is CCOC(=O)CC(=O)c1cc(F)c(Cl)cc1F. The second-order valence-corrected chi connectivity index (χ2v) is 3.56. The highest BCUT2D eigenvalue weighted by molar-refractivity contribution is 6.30. The molecular formula is C11H9ClF2O3. The summed E-state index contributed by atoms with van der Waals surface area (Å²) in [6.45, 7) is 1.69. The predicted octanol–water partition coefficient (Wildman–Crippen LogP) is 2.75. The molecule has 6 heteroatoms. The van der Waals surface area contributed by atoms with Crippen LogP contribution in [0, 0.1) is 11.6 Å². The van der Waals surface area contributed by atoms with Gasteiger partial charge in [-0.15, -0.1) is 0 Å². The fourth-order valence-corrected chi connectivity index (χ4v) is 1.32. The Morgan fingerprint density at radius 2 is 1.94 bits per heavy atom. The van der Waals surface area contributed by atoms with Crippen LogP contribution in [0.1, 0.15) is 23.7 Å². The molecule has 0 atom stereocenters. The largest absolute Gasteiger partial charge is 0.466 e. The lowest BCUT2D eigenvalue weighted by molar-refractivity contribution is -0.141. The molecule has 0 fully saturated rings. The number of carbonyl (C=O) groups is 2. The van der Waals surface area contributed by atoms with Gasteiger partial charge in [-0.2, -0.15) is 0 Å². The van der Waals surface area contributed by atoms with E-state index in [0.717, 1.165) is 0 Å². The van der Waals surface area contributed by atoms with Gasteiger partial charge in [-0.1, -0.05) is 11.6 Å². The summed E-state index contributed by atoms with van der Waals surface area (Å²) >= 11 is 5.33. The van der Waals surface area contributed by atoms with Crippen molar-refractivity contribution in [1.82, 2.24) is 0 Å². The van der Waals surface area contributed by atoms with Crippen LogP contribution in [-0.4, -0.2) is 18.4 Å². The van der Waals surface area contributed by atoms with Crippen LogP contribution < -0.4 is 0 Å². The molecule has 0 saturated heterocycles. The van der Waals surface area contributed by atoms with Gasteiger partial charge in [0.25, 0.3) is 0 Å². The third-order valence-corrected chi connectivity index (χ3v) is 2.21. The number of ketones is 1. The molecule has 17 heavy (non-hydrogen) atoms. The number of benzene rings is 1. The Bertz CT molecular complexity index is 460. The van der Waals surface area contributed by atoms with Crippen LogP contribution >= 0.6 is 11.6 Å². The van der Waals surface area contributed by atoms with Crippen molar-refractivity contribution in [1.29, 1.82) is 0 Å². The molecule has 0 N–H and O–H groups in total. The van der Waals surface area contributed by atoms with Crippen LogP contribution in [0.3, 0.4) is 0 Å². The molecule has 1 aromatic carbocycles. The van der Waals surface area contributed by atoms with Crippen molar-refractivity contribution in [3.05, 3.63) is 34.4 Å². The number of esters is 1. The molecule has 0 aliphatic heterocycles. The number of Topliss-reactive ketones (excluding diaryl/α,β-unsaturated/α-hetero) is 1. The minimum Gasteiger partial charge on any atom is -0.466 e. The molecule has 0 radical (unpaired) electrons. The summed E-state index contributed by atoms with van der Waals surface area (Å²) in [5.74, 6) is -3.52. The first-order chi connectivity index (χ1) is 7.95. The van der Waals surface area contributed by atoms with Gasteiger partial charge in [-0.3, -0.25) is 9.59 Å². The summed E-state index contributed by atoms with van der Waals surface area (Å²) in [5, 5.41) is -0.421. The van der Waals surface area contributed by atoms with Crippen molar-refractivity contribution in [2.45, 2.75) is 13.3 Å². The fourth-order valence-electron chi connectivity index (χ4n) is 1.17. The molecule has 1 aromatic rings. The number of hydrogen-bond acceptors (Lipinski definition) is 3. The van der Waals surface area contributed by atoms with Crippen molar-refractivity contribution >= 4 is 23.4 Å². The number of carbonyl (C=O) groups excluding carboxylic acids is 2. The minimum absolute atomic E-state index is 0.115. The van der Waals surface area contributed by atoms with E-state index in [4.69, 9.17) is 11.6 Å². The first-order valence-corrected chi connectivity index (χ1v) is 5.16. The van der Waals surface area contributed by atoms with Crippen LogP contribution in [0.4, 0.5) is 8.78 Å². The normalized spacial score (nSPS) is 10.1. The molecule has 1 rings (SSSR count). The maximum Gasteiger partial charge on any atom is 0.313 e. The Morgan fingerprint density at radius 1 is 1.29 bits per heavy atom. The molecule has 3 nitrogen and oxygen atoms in total. The Hall–Kier alpha value is -1.49. The molecule has 0 amide bonds. The Morgan fingerprint density at radius 3 is 2.53 bits per heavy atom. The van der Waals surface area contributed by atoms with E-state index in [1.54, 1.807) is 6.92 Å². The molecule has 0 unspecified atom stereocenters. The van der Waals surface area contributed by atoms with Crippen LogP contribution in [0.25, 0.3) is 0 Å². The van der Waals surface area contributed by atoms with E-state index >= 15 is 0 Å². The van der Waals surface area contributed by atoms with E-state index in [9.17, 15) is 18.4 Å². The van der Waals surface area contributed by atoms with Gasteiger partial charge in [0, 0.05) is 0 Å². The molecule has 0 aromatic heterocycles. The molecule has 0 saturated carbocycles. The van der Waals surface area contributed by atoms with E-state index in [0.29, 0.717) is 12.1 Å². The van der Waals surface area contributed by atoms with Gasteiger partial charge >= 0.3 is 5.97 Å². The summed E-state index contributed by atoms with van der Waals surface area (Å²) in [4.78, 5) is 22.5. The van der Waals surface area contributed by atoms with E-state index < -0.39 is 40.4 Å². The number of ether oxygens (including phenoxy) is 1. The molecule has 0 heterocycles. The van der Waals surface area contributed by atoms with Crippen LogP contribution in [0.5, 0.6) is 0 Å². The lowest BCUT2D eigenvalue weighted by Gasteiger charge is -2.04. The van der Waals surface area contributed by atoms with Crippen LogP contribution in [-0.2, 0) is 9.53 Å². The van der Waals surface area contributed by atoms with E-state index in [1.165, 1.54) is 0 Å². The summed E-state index contributed by atoms with van der Waals surface area (Å²) in [6, 6.07) is 1.36. The monoisotopic (exact) mass is 262 g/mol. The summed E-state index contributed by atoms with van der Waals surface area (Å²) in [6.07, 6.45) is -0.633. The van der Waals surface area contributed by atoms with Gasteiger partial charge in [-0.25, -0.2) is 8.78 Å². The average molecular weight is 263 g/mol. The van der Waals surface area contributed by atoms with Crippen molar-refractivity contribution < 1.29 is 23.1 Å².